The molecule has 1 aliphatic rings. The van der Waals surface area contributed by atoms with E-state index in [0.717, 1.165) is 5.92 Å². The maximum absolute atomic E-state index is 12.0. The molecule has 2 aromatic rings. The van der Waals surface area contributed by atoms with Gasteiger partial charge < -0.3 is 10.3 Å². The second kappa shape index (κ2) is 5.54. The average Bonchev–Trinajstić information content (AvgIpc) is 2.82. The molecule has 1 heterocycles. The van der Waals surface area contributed by atoms with Gasteiger partial charge in [-0.05, 0) is 43.4 Å². The summed E-state index contributed by atoms with van der Waals surface area (Å²) < 4.78 is 0. The van der Waals surface area contributed by atoms with Crippen molar-refractivity contribution in [1.29, 1.82) is 0 Å². The van der Waals surface area contributed by atoms with Crippen molar-refractivity contribution in [3.8, 4) is 0 Å². The van der Waals surface area contributed by atoms with Crippen molar-refractivity contribution in [1.82, 2.24) is 15.3 Å². The highest BCUT2D eigenvalue weighted by molar-refractivity contribution is 6.31. The number of nitrogens with zero attached hydrogens (tertiary/aromatic N) is 1. The lowest BCUT2D eigenvalue weighted by molar-refractivity contribution is 0.494. The fraction of sp³-hybridized carbons (Fsp3) is 0.467. The first-order chi connectivity index (χ1) is 9.61. The summed E-state index contributed by atoms with van der Waals surface area (Å²) in [5.74, 6) is 1.46. The van der Waals surface area contributed by atoms with Crippen LogP contribution in [0.25, 0.3) is 10.9 Å². The number of benzene rings is 1. The third-order valence-electron chi connectivity index (χ3n) is 3.97. The summed E-state index contributed by atoms with van der Waals surface area (Å²) in [7, 11) is 0. The summed E-state index contributed by atoms with van der Waals surface area (Å²) in [4.78, 5) is 19.3. The largest absolute Gasteiger partial charge is 0.309 e. The van der Waals surface area contributed by atoms with Crippen LogP contribution < -0.4 is 10.9 Å². The molecule has 2 unspecified atom stereocenters. The van der Waals surface area contributed by atoms with Crippen molar-refractivity contribution in [3.63, 3.8) is 0 Å². The van der Waals surface area contributed by atoms with Crippen molar-refractivity contribution in [2.75, 3.05) is 0 Å². The molecule has 106 valence electrons. The Kier molecular flexibility index (Phi) is 3.76. The van der Waals surface area contributed by atoms with Gasteiger partial charge in [0.2, 0.25) is 0 Å². The first-order valence-electron chi connectivity index (χ1n) is 7.03. The summed E-state index contributed by atoms with van der Waals surface area (Å²) in [6, 6.07) is 5.68. The Labute approximate surface area is 122 Å². The van der Waals surface area contributed by atoms with Crippen molar-refractivity contribution in [2.24, 2.45) is 5.92 Å². The molecule has 2 atom stereocenters. The molecule has 1 fully saturated rings. The number of fused-ring (bicyclic) bond motifs is 1. The standard InChI is InChI=1S/C15H18ClN3O/c1-9-2-4-11(6-9)17-8-14-18-13-7-10(16)3-5-12(13)15(20)19-14/h3,5,7,9,11,17H,2,4,6,8H2,1H3,(H,18,19,20). The highest BCUT2D eigenvalue weighted by Gasteiger charge is 2.20. The molecule has 0 amide bonds. The first kappa shape index (κ1) is 13.6. The van der Waals surface area contributed by atoms with Crippen LogP contribution in [-0.4, -0.2) is 16.0 Å². The van der Waals surface area contributed by atoms with E-state index < -0.39 is 0 Å². The van der Waals surface area contributed by atoms with E-state index in [4.69, 9.17) is 11.6 Å². The van der Waals surface area contributed by atoms with Crippen LogP contribution >= 0.6 is 11.6 Å². The molecule has 20 heavy (non-hydrogen) atoms. The predicted molar refractivity (Wildman–Crippen MR) is 81.0 cm³/mol. The summed E-state index contributed by atoms with van der Waals surface area (Å²) in [6.45, 7) is 2.87. The van der Waals surface area contributed by atoms with Gasteiger partial charge >= 0.3 is 0 Å². The maximum Gasteiger partial charge on any atom is 0.258 e. The van der Waals surface area contributed by atoms with Crippen molar-refractivity contribution < 1.29 is 0 Å². The summed E-state index contributed by atoms with van der Waals surface area (Å²) in [5, 5.41) is 4.64. The van der Waals surface area contributed by atoms with E-state index >= 15 is 0 Å². The molecule has 1 aromatic carbocycles. The Morgan fingerprint density at radius 3 is 3.05 bits per heavy atom. The second-order valence-electron chi connectivity index (χ2n) is 5.67. The molecule has 1 aliphatic carbocycles. The van der Waals surface area contributed by atoms with Gasteiger partial charge in [0.05, 0.1) is 17.4 Å². The van der Waals surface area contributed by atoms with E-state index in [1.807, 2.05) is 0 Å². The van der Waals surface area contributed by atoms with Gasteiger partial charge in [0.1, 0.15) is 5.82 Å². The van der Waals surface area contributed by atoms with E-state index in [1.165, 1.54) is 19.3 Å². The molecular weight excluding hydrogens is 274 g/mol. The fourth-order valence-electron chi connectivity index (χ4n) is 2.88. The molecule has 2 N–H and O–H groups in total. The van der Waals surface area contributed by atoms with Gasteiger partial charge in [-0.1, -0.05) is 18.5 Å². The van der Waals surface area contributed by atoms with Crippen LogP contribution in [0, 0.1) is 5.92 Å². The average molecular weight is 292 g/mol. The smallest absolute Gasteiger partial charge is 0.258 e. The topological polar surface area (TPSA) is 57.8 Å². The zero-order valence-electron chi connectivity index (χ0n) is 11.4. The third-order valence-corrected chi connectivity index (χ3v) is 4.21. The normalized spacial score (nSPS) is 22.5. The number of nitrogens with one attached hydrogen (secondary N) is 2. The van der Waals surface area contributed by atoms with E-state index in [-0.39, 0.29) is 5.56 Å². The minimum atomic E-state index is -0.108. The molecule has 0 radical (unpaired) electrons. The Morgan fingerprint density at radius 1 is 1.45 bits per heavy atom. The molecule has 0 spiro atoms. The van der Waals surface area contributed by atoms with Crippen molar-refractivity contribution in [3.05, 3.63) is 39.4 Å². The van der Waals surface area contributed by atoms with E-state index in [2.05, 4.69) is 22.2 Å². The van der Waals surface area contributed by atoms with Crippen LogP contribution in [0.1, 0.15) is 32.0 Å². The van der Waals surface area contributed by atoms with Crippen LogP contribution in [0.4, 0.5) is 0 Å². The lowest BCUT2D eigenvalue weighted by atomic mass is 10.1. The number of halogens is 1. The highest BCUT2D eigenvalue weighted by Crippen LogP contribution is 2.24. The van der Waals surface area contributed by atoms with Crippen LogP contribution in [0.5, 0.6) is 0 Å². The van der Waals surface area contributed by atoms with Crippen LogP contribution in [0.2, 0.25) is 5.02 Å². The van der Waals surface area contributed by atoms with Crippen LogP contribution in [-0.2, 0) is 6.54 Å². The fourth-order valence-corrected chi connectivity index (χ4v) is 3.04. The number of aromatic nitrogens is 2. The monoisotopic (exact) mass is 291 g/mol. The van der Waals surface area contributed by atoms with E-state index in [9.17, 15) is 4.79 Å². The Morgan fingerprint density at radius 2 is 2.30 bits per heavy atom. The molecule has 0 aliphatic heterocycles. The molecular formula is C15H18ClN3O. The zero-order valence-corrected chi connectivity index (χ0v) is 12.2. The highest BCUT2D eigenvalue weighted by atomic mass is 35.5. The lowest BCUT2D eigenvalue weighted by Gasteiger charge is -2.12. The minimum absolute atomic E-state index is 0.108. The molecule has 5 heteroatoms. The van der Waals surface area contributed by atoms with Gasteiger partial charge in [-0.3, -0.25) is 4.79 Å². The zero-order chi connectivity index (χ0) is 14.1. The van der Waals surface area contributed by atoms with Crippen LogP contribution in [0.3, 0.4) is 0 Å². The minimum Gasteiger partial charge on any atom is -0.309 e. The number of rotatable bonds is 3. The summed E-state index contributed by atoms with van der Waals surface area (Å²) in [6.07, 6.45) is 3.67. The lowest BCUT2D eigenvalue weighted by Crippen LogP contribution is -2.28. The summed E-state index contributed by atoms with van der Waals surface area (Å²) >= 11 is 5.95. The molecule has 0 saturated heterocycles. The molecule has 4 nitrogen and oxygen atoms in total. The quantitative estimate of drug-likeness (QED) is 0.914. The van der Waals surface area contributed by atoms with Gasteiger partial charge in [-0.25, -0.2) is 4.98 Å². The van der Waals surface area contributed by atoms with Gasteiger partial charge in [0.15, 0.2) is 0 Å². The Hall–Kier alpha value is -1.39. The number of aromatic amines is 1. The third kappa shape index (κ3) is 2.86. The number of H-pyrrole nitrogens is 1. The van der Waals surface area contributed by atoms with Gasteiger partial charge in [0.25, 0.3) is 5.56 Å². The van der Waals surface area contributed by atoms with Crippen molar-refractivity contribution in [2.45, 2.75) is 38.8 Å². The first-order valence-corrected chi connectivity index (χ1v) is 7.41. The maximum atomic E-state index is 12.0. The molecule has 1 saturated carbocycles. The van der Waals surface area contributed by atoms with Crippen LogP contribution in [0.15, 0.2) is 23.0 Å². The predicted octanol–water partition coefficient (Wildman–Crippen LogP) is 2.85. The molecule has 0 bridgehead atoms. The molecule has 3 rings (SSSR count). The van der Waals surface area contributed by atoms with Gasteiger partial charge in [-0.2, -0.15) is 0 Å². The SMILES string of the molecule is CC1CCC(NCc2nc3cc(Cl)ccc3c(=O)[nH]2)C1. The number of hydrogen-bond donors (Lipinski definition) is 2. The van der Waals surface area contributed by atoms with Gasteiger partial charge in [0, 0.05) is 11.1 Å². The Bertz CT molecular complexity index is 682. The van der Waals surface area contributed by atoms with Gasteiger partial charge in [-0.15, -0.1) is 0 Å². The van der Waals surface area contributed by atoms with E-state index in [0.29, 0.717) is 34.3 Å². The second-order valence-corrected chi connectivity index (χ2v) is 6.11. The summed E-state index contributed by atoms with van der Waals surface area (Å²) in [5.41, 5.74) is 0.543. The van der Waals surface area contributed by atoms with E-state index in [1.54, 1.807) is 18.2 Å². The van der Waals surface area contributed by atoms with Crippen molar-refractivity contribution >= 4 is 22.5 Å². The molecule has 1 aromatic heterocycles. The number of hydrogen-bond acceptors (Lipinski definition) is 3. The Balaban J connectivity index is 1.80.